The predicted octanol–water partition coefficient (Wildman–Crippen LogP) is 23.3. The molecule has 0 saturated heterocycles. The van der Waals surface area contributed by atoms with E-state index in [9.17, 15) is 14.4 Å². The van der Waals surface area contributed by atoms with E-state index in [2.05, 4.69) is 69.4 Å². The third-order valence-electron chi connectivity index (χ3n) is 15.3. The topological polar surface area (TPSA) is 78.9 Å². The maximum absolute atomic E-state index is 12.9. The van der Waals surface area contributed by atoms with Crippen molar-refractivity contribution >= 4 is 17.9 Å². The molecule has 1 unspecified atom stereocenters. The first-order valence-corrected chi connectivity index (χ1v) is 34.1. The minimum atomic E-state index is -0.773. The minimum absolute atomic E-state index is 0.0704. The van der Waals surface area contributed by atoms with Crippen molar-refractivity contribution in [3.63, 3.8) is 0 Å². The summed E-state index contributed by atoms with van der Waals surface area (Å²) in [4.78, 5) is 38.3. The fraction of sp³-hybridized carbons (Fsp3) is 0.845. The fourth-order valence-corrected chi connectivity index (χ4v) is 10.2. The number of ether oxygens (including phenoxy) is 3. The molecule has 0 bridgehead atoms. The summed E-state index contributed by atoms with van der Waals surface area (Å²) >= 11 is 0. The number of hydrogen-bond donors (Lipinski definition) is 0. The van der Waals surface area contributed by atoms with Crippen LogP contribution >= 0.6 is 0 Å². The Labute approximate surface area is 479 Å². The summed E-state index contributed by atoms with van der Waals surface area (Å²) in [7, 11) is 0. The first-order chi connectivity index (χ1) is 38.0. The van der Waals surface area contributed by atoms with Crippen molar-refractivity contribution in [1.29, 1.82) is 0 Å². The van der Waals surface area contributed by atoms with Gasteiger partial charge in [0.05, 0.1) is 0 Å². The van der Waals surface area contributed by atoms with Crippen LogP contribution in [0.25, 0.3) is 0 Å². The van der Waals surface area contributed by atoms with Gasteiger partial charge in [0.2, 0.25) is 0 Å². The number of allylic oxidation sites excluding steroid dienone is 8. The van der Waals surface area contributed by atoms with E-state index >= 15 is 0 Å². The molecule has 0 saturated carbocycles. The molecular weight excluding hydrogens is 949 g/mol. The van der Waals surface area contributed by atoms with Crippen LogP contribution in [0.5, 0.6) is 0 Å². The highest BCUT2D eigenvalue weighted by Crippen LogP contribution is 2.17. The molecule has 0 aliphatic rings. The third-order valence-corrected chi connectivity index (χ3v) is 15.3. The van der Waals surface area contributed by atoms with Crippen LogP contribution in [0, 0.1) is 0 Å². The van der Waals surface area contributed by atoms with E-state index in [0.717, 1.165) is 70.6 Å². The molecule has 0 aliphatic heterocycles. The fourth-order valence-electron chi connectivity index (χ4n) is 10.2. The molecule has 0 aromatic heterocycles. The smallest absolute Gasteiger partial charge is 0.306 e. The Hall–Kier alpha value is -2.63. The van der Waals surface area contributed by atoms with Gasteiger partial charge in [0.25, 0.3) is 0 Å². The summed E-state index contributed by atoms with van der Waals surface area (Å²) in [5, 5.41) is 0. The van der Waals surface area contributed by atoms with Gasteiger partial charge >= 0.3 is 17.9 Å². The van der Waals surface area contributed by atoms with E-state index in [4.69, 9.17) is 14.2 Å². The van der Waals surface area contributed by atoms with Gasteiger partial charge in [0.1, 0.15) is 13.2 Å². The lowest BCUT2D eigenvalue weighted by atomic mass is 10.0. The quantitative estimate of drug-likeness (QED) is 0.0261. The number of esters is 3. The number of carbonyl (C=O) groups is 3. The molecule has 0 aromatic rings. The van der Waals surface area contributed by atoms with Crippen LogP contribution in [0.1, 0.15) is 367 Å². The largest absolute Gasteiger partial charge is 0.462 e. The van der Waals surface area contributed by atoms with Crippen LogP contribution in [0.4, 0.5) is 0 Å². The number of unbranched alkanes of at least 4 members (excludes halogenated alkanes) is 44. The molecule has 450 valence electrons. The Morgan fingerprint density at radius 2 is 0.468 bits per heavy atom. The van der Waals surface area contributed by atoms with E-state index in [0.29, 0.717) is 19.3 Å². The van der Waals surface area contributed by atoms with Crippen LogP contribution in [0.3, 0.4) is 0 Å². The van der Waals surface area contributed by atoms with Gasteiger partial charge in [-0.15, -0.1) is 0 Å². The van der Waals surface area contributed by atoms with Crippen molar-refractivity contribution in [3.05, 3.63) is 48.6 Å². The highest BCUT2D eigenvalue weighted by molar-refractivity contribution is 5.71. The summed E-state index contributed by atoms with van der Waals surface area (Å²) in [6.45, 7) is 6.67. The van der Waals surface area contributed by atoms with E-state index < -0.39 is 6.10 Å². The third kappa shape index (κ3) is 64.1. The molecule has 0 radical (unpaired) electrons. The summed E-state index contributed by atoms with van der Waals surface area (Å²) in [5.74, 6) is -0.853. The molecule has 0 fully saturated rings. The molecule has 6 nitrogen and oxygen atoms in total. The van der Waals surface area contributed by atoms with Crippen LogP contribution in [0.2, 0.25) is 0 Å². The molecule has 0 spiro atoms. The monoisotopic (exact) mass is 1080 g/mol. The van der Waals surface area contributed by atoms with E-state index in [1.165, 1.54) is 257 Å². The molecule has 6 heteroatoms. The molecule has 0 rings (SSSR count). The molecule has 77 heavy (non-hydrogen) atoms. The highest BCUT2D eigenvalue weighted by Gasteiger charge is 2.19. The SMILES string of the molecule is CCCCCCC/C=C\C/C=C\C/C=C\CCCCCCCCCCCCC(=O)OCC(COC(=O)CCCCCCCCCCCCC)OC(=O)CCCCCCCCCCCCC/C=C\CCCCCCCCCC. The summed E-state index contributed by atoms with van der Waals surface area (Å²) < 4.78 is 17.0. The predicted molar refractivity (Wildman–Crippen MR) is 335 cm³/mol. The number of hydrogen-bond acceptors (Lipinski definition) is 6. The number of carbonyl (C=O) groups excluding carboxylic acids is 3. The Morgan fingerprint density at radius 3 is 0.740 bits per heavy atom. The van der Waals surface area contributed by atoms with Gasteiger partial charge in [-0.05, 0) is 83.5 Å². The van der Waals surface area contributed by atoms with Crippen molar-refractivity contribution in [2.75, 3.05) is 13.2 Å². The minimum Gasteiger partial charge on any atom is -0.462 e. The van der Waals surface area contributed by atoms with Gasteiger partial charge in [-0.2, -0.15) is 0 Å². The van der Waals surface area contributed by atoms with Gasteiger partial charge in [0, 0.05) is 19.3 Å². The second kappa shape index (κ2) is 65.9. The molecule has 0 amide bonds. The van der Waals surface area contributed by atoms with Crippen LogP contribution in [-0.4, -0.2) is 37.2 Å². The van der Waals surface area contributed by atoms with Crippen molar-refractivity contribution in [2.45, 2.75) is 374 Å². The zero-order valence-corrected chi connectivity index (χ0v) is 51.7. The maximum atomic E-state index is 12.9. The molecule has 0 aliphatic carbocycles. The Balaban J connectivity index is 4.23. The highest BCUT2D eigenvalue weighted by atomic mass is 16.6. The van der Waals surface area contributed by atoms with Crippen molar-refractivity contribution in [1.82, 2.24) is 0 Å². The van der Waals surface area contributed by atoms with Gasteiger partial charge < -0.3 is 14.2 Å². The van der Waals surface area contributed by atoms with Crippen molar-refractivity contribution in [2.24, 2.45) is 0 Å². The van der Waals surface area contributed by atoms with E-state index in [1.807, 2.05) is 0 Å². The van der Waals surface area contributed by atoms with Gasteiger partial charge in [-0.3, -0.25) is 14.4 Å². The van der Waals surface area contributed by atoms with Crippen molar-refractivity contribution in [3.8, 4) is 0 Å². The molecule has 0 N–H and O–H groups in total. The normalized spacial score (nSPS) is 12.3. The lowest BCUT2D eigenvalue weighted by molar-refractivity contribution is -0.167. The summed E-state index contributed by atoms with van der Waals surface area (Å²) in [5.41, 5.74) is 0. The van der Waals surface area contributed by atoms with Gasteiger partial charge in [-0.1, -0.05) is 313 Å². The van der Waals surface area contributed by atoms with E-state index in [-0.39, 0.29) is 31.1 Å². The molecule has 0 aromatic carbocycles. The van der Waals surface area contributed by atoms with Gasteiger partial charge in [0.15, 0.2) is 6.10 Å². The molecule has 1 atom stereocenters. The molecular formula is C71H130O6. The zero-order valence-electron chi connectivity index (χ0n) is 51.7. The maximum Gasteiger partial charge on any atom is 0.306 e. The second-order valence-electron chi connectivity index (χ2n) is 23.1. The van der Waals surface area contributed by atoms with Gasteiger partial charge in [-0.25, -0.2) is 0 Å². The summed E-state index contributed by atoms with van der Waals surface area (Å²) in [6.07, 6.45) is 82.7. The first-order valence-electron chi connectivity index (χ1n) is 34.1. The standard InChI is InChI=1S/C71H130O6/c1-4-7-10-13-16-19-22-24-26-28-30-32-34-35-37-38-40-42-44-46-49-52-55-58-61-64-70(73)76-67-68(66-75-69(72)63-60-57-54-51-48-21-18-15-12-9-6-3)77-71(74)65-62-59-56-53-50-47-45-43-41-39-36-33-31-29-27-25-23-20-17-14-11-8-5-2/h22,24,28-31,34-35,68H,4-21,23,25-27,32-33,36-67H2,1-3H3/b24-22-,30-28-,31-29-,35-34-. The molecule has 0 heterocycles. The van der Waals surface area contributed by atoms with Crippen LogP contribution in [0.15, 0.2) is 48.6 Å². The van der Waals surface area contributed by atoms with E-state index in [1.54, 1.807) is 0 Å². The average Bonchev–Trinajstić information content (AvgIpc) is 3.43. The first kappa shape index (κ1) is 74.4. The average molecular weight is 1080 g/mol. The number of rotatable bonds is 63. The van der Waals surface area contributed by atoms with Crippen LogP contribution < -0.4 is 0 Å². The second-order valence-corrected chi connectivity index (χ2v) is 23.1. The lowest BCUT2D eigenvalue weighted by Crippen LogP contribution is -2.30. The van der Waals surface area contributed by atoms with Crippen molar-refractivity contribution < 1.29 is 28.6 Å². The van der Waals surface area contributed by atoms with Crippen LogP contribution in [-0.2, 0) is 28.6 Å². The Morgan fingerprint density at radius 1 is 0.260 bits per heavy atom. The lowest BCUT2D eigenvalue weighted by Gasteiger charge is -2.18. The Kier molecular flexibility index (Phi) is 63.6. The zero-order chi connectivity index (χ0) is 55.7. The summed E-state index contributed by atoms with van der Waals surface area (Å²) in [6, 6.07) is 0. The Bertz CT molecular complexity index is 1330.